The number of aliphatic hydroxyl groups excluding tert-OH is 1. The second-order valence-electron chi connectivity index (χ2n) is 4.28. The van der Waals surface area contributed by atoms with Gasteiger partial charge < -0.3 is 5.11 Å². The van der Waals surface area contributed by atoms with Gasteiger partial charge in [0.15, 0.2) is 0 Å². The third-order valence-corrected chi connectivity index (χ3v) is 6.58. The summed E-state index contributed by atoms with van der Waals surface area (Å²) in [7, 11) is -3.41. The molecular formula is C12H21NO3S3. The van der Waals surface area contributed by atoms with E-state index in [4.69, 9.17) is 5.11 Å². The lowest BCUT2D eigenvalue weighted by atomic mass is 10.2. The fourth-order valence-corrected chi connectivity index (χ4v) is 4.66. The summed E-state index contributed by atoms with van der Waals surface area (Å²) in [6.07, 6.45) is 5.09. The number of sulfonamides is 1. The van der Waals surface area contributed by atoms with Crippen LogP contribution in [0.15, 0.2) is 10.3 Å². The van der Waals surface area contributed by atoms with Gasteiger partial charge in [0, 0.05) is 11.4 Å². The van der Waals surface area contributed by atoms with Gasteiger partial charge in [0.05, 0.1) is 6.61 Å². The van der Waals surface area contributed by atoms with E-state index in [2.05, 4.69) is 11.0 Å². The van der Waals surface area contributed by atoms with Gasteiger partial charge >= 0.3 is 0 Å². The number of thioether (sulfide) groups is 1. The van der Waals surface area contributed by atoms with Crippen LogP contribution < -0.4 is 4.72 Å². The van der Waals surface area contributed by atoms with Crippen molar-refractivity contribution in [3.63, 3.8) is 0 Å². The second-order valence-corrected chi connectivity index (χ2v) is 8.40. The molecule has 19 heavy (non-hydrogen) atoms. The predicted octanol–water partition coefficient (Wildman–Crippen LogP) is 2.36. The highest BCUT2D eigenvalue weighted by Crippen LogP contribution is 2.25. The number of rotatable bonds is 9. The molecule has 0 aromatic carbocycles. The highest BCUT2D eigenvalue weighted by atomic mass is 32.2. The van der Waals surface area contributed by atoms with Crippen molar-refractivity contribution < 1.29 is 13.5 Å². The van der Waals surface area contributed by atoms with Gasteiger partial charge in [-0.3, -0.25) is 0 Å². The van der Waals surface area contributed by atoms with Crippen LogP contribution >= 0.6 is 23.1 Å². The van der Waals surface area contributed by atoms with E-state index in [1.807, 2.05) is 18.7 Å². The molecule has 0 amide bonds. The average Bonchev–Trinajstić information content (AvgIpc) is 2.76. The Balaban J connectivity index is 2.47. The minimum absolute atomic E-state index is 0.110. The van der Waals surface area contributed by atoms with E-state index in [1.54, 1.807) is 6.07 Å². The lowest BCUT2D eigenvalue weighted by Gasteiger charge is -2.04. The van der Waals surface area contributed by atoms with Gasteiger partial charge in [-0.2, -0.15) is 11.8 Å². The third-order valence-electron chi connectivity index (χ3n) is 2.72. The maximum absolute atomic E-state index is 12.0. The van der Waals surface area contributed by atoms with Crippen molar-refractivity contribution in [2.75, 3.05) is 18.6 Å². The van der Waals surface area contributed by atoms with Crippen molar-refractivity contribution in [1.29, 1.82) is 0 Å². The van der Waals surface area contributed by atoms with Crippen LogP contribution in [0.5, 0.6) is 0 Å². The molecule has 0 saturated heterocycles. The molecule has 0 saturated carbocycles. The number of aryl methyl sites for hydroxylation is 1. The van der Waals surface area contributed by atoms with Gasteiger partial charge in [0.2, 0.25) is 10.0 Å². The van der Waals surface area contributed by atoms with Crippen LogP contribution in [0.2, 0.25) is 0 Å². The van der Waals surface area contributed by atoms with Crippen molar-refractivity contribution in [3.8, 4) is 0 Å². The largest absolute Gasteiger partial charge is 0.391 e. The van der Waals surface area contributed by atoms with Crippen LogP contribution in [-0.4, -0.2) is 32.1 Å². The molecule has 0 radical (unpaired) electrons. The first-order valence-corrected chi connectivity index (χ1v) is 9.89. The zero-order valence-electron chi connectivity index (χ0n) is 11.3. The van der Waals surface area contributed by atoms with Crippen molar-refractivity contribution in [2.24, 2.45) is 0 Å². The molecule has 1 rings (SSSR count). The number of aliphatic hydroxyl groups is 1. The summed E-state index contributed by atoms with van der Waals surface area (Å²) < 4.78 is 26.9. The summed E-state index contributed by atoms with van der Waals surface area (Å²) in [5.41, 5.74) is 0.827. The predicted molar refractivity (Wildman–Crippen MR) is 82.4 cm³/mol. The Labute approximate surface area is 123 Å². The standard InChI is InChI=1S/C12H21NO3S3/c1-10-8-12(18-11(10)9-14)19(15,16)13-6-4-3-5-7-17-2/h8,13-14H,3-7,9H2,1-2H3. The van der Waals surface area contributed by atoms with Crippen LogP contribution in [0, 0.1) is 6.92 Å². The van der Waals surface area contributed by atoms with Crippen molar-refractivity contribution in [1.82, 2.24) is 4.72 Å². The van der Waals surface area contributed by atoms with Crippen LogP contribution in [0.3, 0.4) is 0 Å². The van der Waals surface area contributed by atoms with Crippen LogP contribution in [0.1, 0.15) is 29.7 Å². The Hall–Kier alpha value is -0.0800. The van der Waals surface area contributed by atoms with Gasteiger partial charge in [0.25, 0.3) is 0 Å². The Kier molecular flexibility index (Phi) is 7.38. The van der Waals surface area contributed by atoms with Gasteiger partial charge in [0.1, 0.15) is 4.21 Å². The molecular weight excluding hydrogens is 302 g/mol. The summed E-state index contributed by atoms with van der Waals surface area (Å²) >= 11 is 2.94. The Morgan fingerprint density at radius 2 is 2.11 bits per heavy atom. The second kappa shape index (κ2) is 8.26. The number of hydrogen-bond donors (Lipinski definition) is 2. The zero-order valence-corrected chi connectivity index (χ0v) is 13.8. The quantitative estimate of drug-likeness (QED) is 0.685. The molecule has 0 aliphatic carbocycles. The average molecular weight is 324 g/mol. The highest BCUT2D eigenvalue weighted by Gasteiger charge is 2.17. The fourth-order valence-electron chi connectivity index (χ4n) is 1.60. The number of unbranched alkanes of at least 4 members (excludes halogenated alkanes) is 2. The monoisotopic (exact) mass is 323 g/mol. The Bertz CT molecular complexity index is 482. The first-order chi connectivity index (χ1) is 9.01. The van der Waals surface area contributed by atoms with Crippen LogP contribution in [0.4, 0.5) is 0 Å². The maximum atomic E-state index is 12.0. The first kappa shape index (κ1) is 17.0. The maximum Gasteiger partial charge on any atom is 0.250 e. The smallest absolute Gasteiger partial charge is 0.250 e. The third kappa shape index (κ3) is 5.43. The Morgan fingerprint density at radius 3 is 2.68 bits per heavy atom. The molecule has 0 aliphatic heterocycles. The minimum atomic E-state index is -3.41. The minimum Gasteiger partial charge on any atom is -0.391 e. The summed E-state index contributed by atoms with van der Waals surface area (Å²) in [6.45, 7) is 2.17. The number of thiophene rings is 1. The van der Waals surface area contributed by atoms with E-state index < -0.39 is 10.0 Å². The molecule has 0 bridgehead atoms. The normalized spacial score (nSPS) is 11.9. The summed E-state index contributed by atoms with van der Waals surface area (Å²) in [5.74, 6) is 1.12. The summed E-state index contributed by atoms with van der Waals surface area (Å²) in [4.78, 5) is 0.709. The van der Waals surface area contributed by atoms with E-state index in [9.17, 15) is 8.42 Å². The van der Waals surface area contributed by atoms with Gasteiger partial charge in [-0.25, -0.2) is 13.1 Å². The number of nitrogens with one attached hydrogen (secondary N) is 1. The SMILES string of the molecule is CSCCCCCNS(=O)(=O)c1cc(C)c(CO)s1. The molecule has 1 heterocycles. The van der Waals surface area contributed by atoms with Gasteiger partial charge in [-0.15, -0.1) is 11.3 Å². The molecule has 0 aliphatic rings. The van der Waals surface area contributed by atoms with Crippen molar-refractivity contribution >= 4 is 33.1 Å². The zero-order chi connectivity index (χ0) is 14.3. The van der Waals surface area contributed by atoms with E-state index in [0.29, 0.717) is 11.4 Å². The molecule has 1 aromatic heterocycles. The van der Waals surface area contributed by atoms with Crippen molar-refractivity contribution in [2.45, 2.75) is 37.0 Å². The molecule has 0 unspecified atom stereocenters. The van der Waals surface area contributed by atoms with Crippen molar-refractivity contribution in [3.05, 3.63) is 16.5 Å². The molecule has 0 fully saturated rings. The molecule has 0 spiro atoms. The lowest BCUT2D eigenvalue weighted by molar-refractivity contribution is 0.285. The van der Waals surface area contributed by atoms with E-state index in [-0.39, 0.29) is 10.8 Å². The Morgan fingerprint density at radius 1 is 1.37 bits per heavy atom. The number of hydrogen-bond acceptors (Lipinski definition) is 5. The van der Waals surface area contributed by atoms with E-state index in [0.717, 1.165) is 41.9 Å². The molecule has 4 nitrogen and oxygen atoms in total. The summed E-state index contributed by atoms with van der Waals surface area (Å²) in [5, 5.41) is 9.09. The summed E-state index contributed by atoms with van der Waals surface area (Å²) in [6, 6.07) is 1.62. The fraction of sp³-hybridized carbons (Fsp3) is 0.667. The molecule has 110 valence electrons. The topological polar surface area (TPSA) is 66.4 Å². The molecule has 2 N–H and O–H groups in total. The first-order valence-electron chi connectivity index (χ1n) is 6.20. The van der Waals surface area contributed by atoms with Crippen LogP contribution in [0.25, 0.3) is 0 Å². The van der Waals surface area contributed by atoms with Crippen LogP contribution in [-0.2, 0) is 16.6 Å². The molecule has 7 heteroatoms. The van der Waals surface area contributed by atoms with E-state index >= 15 is 0 Å². The van der Waals surface area contributed by atoms with Gasteiger partial charge in [-0.1, -0.05) is 6.42 Å². The lowest BCUT2D eigenvalue weighted by Crippen LogP contribution is -2.24. The highest BCUT2D eigenvalue weighted by molar-refractivity contribution is 7.98. The van der Waals surface area contributed by atoms with Gasteiger partial charge in [-0.05, 0) is 43.4 Å². The molecule has 1 aromatic rings. The molecule has 0 atom stereocenters. The van der Waals surface area contributed by atoms with E-state index in [1.165, 1.54) is 0 Å².